The van der Waals surface area contributed by atoms with Crippen LogP contribution in [0.5, 0.6) is 0 Å². The number of aromatic nitrogens is 1. The molecule has 1 amide bonds. The summed E-state index contributed by atoms with van der Waals surface area (Å²) in [5, 5.41) is 3.22. The van der Waals surface area contributed by atoms with Crippen LogP contribution in [0, 0.1) is 5.41 Å². The lowest BCUT2D eigenvalue weighted by Crippen LogP contribution is -2.46. The van der Waals surface area contributed by atoms with Crippen LogP contribution in [0.2, 0.25) is 0 Å². The third-order valence-electron chi connectivity index (χ3n) is 4.36. The van der Waals surface area contributed by atoms with Gasteiger partial charge >= 0.3 is 0 Å². The highest BCUT2D eigenvalue weighted by atomic mass is 16.1. The molecule has 1 aromatic heterocycles. The SMILES string of the molecule is CC(C)(C)CC(C)(C)NC(=O)c1cccnc1N1CCCCCC1. The van der Waals surface area contributed by atoms with Crippen molar-refractivity contribution in [1.29, 1.82) is 0 Å². The fourth-order valence-corrected chi connectivity index (χ4v) is 3.85. The minimum Gasteiger partial charge on any atom is -0.356 e. The van der Waals surface area contributed by atoms with Crippen LogP contribution in [0.4, 0.5) is 5.82 Å². The highest BCUT2D eigenvalue weighted by molar-refractivity contribution is 5.99. The van der Waals surface area contributed by atoms with Crippen molar-refractivity contribution >= 4 is 11.7 Å². The van der Waals surface area contributed by atoms with Crippen LogP contribution >= 0.6 is 0 Å². The molecule has 0 aliphatic carbocycles. The average molecular weight is 332 g/mol. The largest absolute Gasteiger partial charge is 0.356 e. The van der Waals surface area contributed by atoms with E-state index in [-0.39, 0.29) is 16.9 Å². The minimum absolute atomic E-state index is 0.0170. The number of anilines is 1. The van der Waals surface area contributed by atoms with Crippen LogP contribution in [0.1, 0.15) is 77.1 Å². The number of hydrogen-bond acceptors (Lipinski definition) is 3. The predicted octanol–water partition coefficient (Wildman–Crippen LogP) is 4.41. The molecule has 4 heteroatoms. The Morgan fingerprint density at radius 3 is 2.33 bits per heavy atom. The lowest BCUT2D eigenvalue weighted by molar-refractivity contribution is 0.0891. The van der Waals surface area contributed by atoms with Crippen LogP contribution in [0.25, 0.3) is 0 Å². The molecule has 0 aromatic carbocycles. The summed E-state index contributed by atoms with van der Waals surface area (Å²) in [7, 11) is 0. The first kappa shape index (κ1) is 18.8. The number of hydrogen-bond donors (Lipinski definition) is 1. The Bertz CT molecular complexity index is 552. The van der Waals surface area contributed by atoms with Crippen molar-refractivity contribution in [2.24, 2.45) is 5.41 Å². The van der Waals surface area contributed by atoms with E-state index in [1.165, 1.54) is 25.7 Å². The van der Waals surface area contributed by atoms with Gasteiger partial charge in [0.05, 0.1) is 5.56 Å². The van der Waals surface area contributed by atoms with Gasteiger partial charge in [0.15, 0.2) is 0 Å². The zero-order valence-corrected chi connectivity index (χ0v) is 16.0. The van der Waals surface area contributed by atoms with Crippen molar-refractivity contribution in [3.8, 4) is 0 Å². The zero-order valence-electron chi connectivity index (χ0n) is 16.0. The topological polar surface area (TPSA) is 45.2 Å². The van der Waals surface area contributed by atoms with Crippen molar-refractivity contribution < 1.29 is 4.79 Å². The normalized spacial score (nSPS) is 16.6. The van der Waals surface area contributed by atoms with Crippen molar-refractivity contribution in [1.82, 2.24) is 10.3 Å². The number of rotatable bonds is 4. The zero-order chi connectivity index (χ0) is 17.8. The van der Waals surface area contributed by atoms with Crippen molar-refractivity contribution in [2.45, 2.75) is 72.3 Å². The number of pyridine rings is 1. The van der Waals surface area contributed by atoms with Gasteiger partial charge in [-0.2, -0.15) is 0 Å². The lowest BCUT2D eigenvalue weighted by atomic mass is 9.81. The summed E-state index contributed by atoms with van der Waals surface area (Å²) in [6.07, 6.45) is 7.59. The molecule has 4 nitrogen and oxygen atoms in total. The van der Waals surface area contributed by atoms with E-state index in [2.05, 4.69) is 49.8 Å². The molecule has 0 unspecified atom stereocenters. The average Bonchev–Trinajstić information content (AvgIpc) is 2.73. The number of nitrogens with one attached hydrogen (secondary N) is 1. The first-order valence-corrected chi connectivity index (χ1v) is 9.20. The van der Waals surface area contributed by atoms with E-state index in [0.717, 1.165) is 25.3 Å². The molecule has 1 saturated heterocycles. The van der Waals surface area contributed by atoms with Gasteiger partial charge in [-0.1, -0.05) is 33.6 Å². The van der Waals surface area contributed by atoms with E-state index in [0.29, 0.717) is 5.56 Å². The summed E-state index contributed by atoms with van der Waals surface area (Å²) in [6, 6.07) is 3.75. The number of carbonyl (C=O) groups excluding carboxylic acids is 1. The minimum atomic E-state index is -0.249. The molecule has 0 atom stereocenters. The molecule has 1 fully saturated rings. The summed E-state index contributed by atoms with van der Waals surface area (Å²) in [4.78, 5) is 19.7. The molecule has 24 heavy (non-hydrogen) atoms. The van der Waals surface area contributed by atoms with Gasteiger partial charge in [-0.3, -0.25) is 4.79 Å². The van der Waals surface area contributed by atoms with E-state index in [9.17, 15) is 4.79 Å². The van der Waals surface area contributed by atoms with E-state index in [4.69, 9.17) is 0 Å². The second kappa shape index (κ2) is 7.54. The fraction of sp³-hybridized carbons (Fsp3) is 0.700. The summed E-state index contributed by atoms with van der Waals surface area (Å²) in [6.45, 7) is 12.8. The van der Waals surface area contributed by atoms with Gasteiger partial charge in [-0.15, -0.1) is 0 Å². The number of nitrogens with zero attached hydrogens (tertiary/aromatic N) is 2. The molecule has 2 heterocycles. The molecule has 1 aromatic rings. The highest BCUT2D eigenvalue weighted by Crippen LogP contribution is 2.28. The van der Waals surface area contributed by atoms with Crippen molar-refractivity contribution in [3.05, 3.63) is 23.9 Å². The molecule has 1 aliphatic rings. The third-order valence-corrected chi connectivity index (χ3v) is 4.36. The van der Waals surface area contributed by atoms with Gasteiger partial charge < -0.3 is 10.2 Å². The molecule has 0 spiro atoms. The molecule has 2 rings (SSSR count). The maximum atomic E-state index is 12.9. The summed E-state index contributed by atoms with van der Waals surface area (Å²) in [5.74, 6) is 0.819. The van der Waals surface area contributed by atoms with Gasteiger partial charge in [0.2, 0.25) is 0 Å². The highest BCUT2D eigenvalue weighted by Gasteiger charge is 2.29. The Morgan fingerprint density at radius 2 is 1.75 bits per heavy atom. The second-order valence-electron chi connectivity index (χ2n) is 8.85. The fourth-order valence-electron chi connectivity index (χ4n) is 3.85. The van der Waals surface area contributed by atoms with Crippen LogP contribution < -0.4 is 10.2 Å². The molecule has 134 valence electrons. The summed E-state index contributed by atoms with van der Waals surface area (Å²) in [5.41, 5.74) is 0.613. The predicted molar refractivity (Wildman–Crippen MR) is 101 cm³/mol. The standard InChI is InChI=1S/C20H33N3O/c1-19(2,3)15-20(4,5)22-18(24)16-11-10-12-21-17(16)23-13-8-6-7-9-14-23/h10-12H,6-9,13-15H2,1-5H3,(H,22,24). The Balaban J connectivity index is 2.17. The maximum absolute atomic E-state index is 12.9. The Labute approximate surface area is 147 Å². The summed E-state index contributed by atoms with van der Waals surface area (Å²) >= 11 is 0. The van der Waals surface area contributed by atoms with E-state index in [1.54, 1.807) is 6.20 Å². The first-order chi connectivity index (χ1) is 11.2. The molecular formula is C20H33N3O. The van der Waals surface area contributed by atoms with E-state index < -0.39 is 0 Å². The molecule has 0 radical (unpaired) electrons. The van der Waals surface area contributed by atoms with Gasteiger partial charge in [-0.05, 0) is 50.7 Å². The summed E-state index contributed by atoms with van der Waals surface area (Å²) < 4.78 is 0. The Kier molecular flexibility index (Phi) is 5.89. The molecule has 0 saturated carbocycles. The molecule has 1 N–H and O–H groups in total. The van der Waals surface area contributed by atoms with Gasteiger partial charge in [0, 0.05) is 24.8 Å². The smallest absolute Gasteiger partial charge is 0.255 e. The monoisotopic (exact) mass is 331 g/mol. The van der Waals surface area contributed by atoms with Crippen LogP contribution in [-0.2, 0) is 0 Å². The number of amides is 1. The Hall–Kier alpha value is -1.58. The molecule has 0 bridgehead atoms. The van der Waals surface area contributed by atoms with Crippen LogP contribution in [0.15, 0.2) is 18.3 Å². The van der Waals surface area contributed by atoms with E-state index in [1.807, 2.05) is 12.1 Å². The maximum Gasteiger partial charge on any atom is 0.255 e. The molecule has 1 aliphatic heterocycles. The van der Waals surface area contributed by atoms with Crippen molar-refractivity contribution in [2.75, 3.05) is 18.0 Å². The quantitative estimate of drug-likeness (QED) is 0.889. The van der Waals surface area contributed by atoms with Gasteiger partial charge in [0.25, 0.3) is 5.91 Å². The number of carbonyl (C=O) groups is 1. The lowest BCUT2D eigenvalue weighted by Gasteiger charge is -2.34. The first-order valence-electron chi connectivity index (χ1n) is 9.20. The third kappa shape index (κ3) is 5.50. The van der Waals surface area contributed by atoms with Gasteiger partial charge in [0.1, 0.15) is 5.82 Å². The second-order valence-corrected chi connectivity index (χ2v) is 8.85. The van der Waals surface area contributed by atoms with Crippen LogP contribution in [-0.4, -0.2) is 29.5 Å². The Morgan fingerprint density at radius 1 is 1.12 bits per heavy atom. The van der Waals surface area contributed by atoms with Crippen molar-refractivity contribution in [3.63, 3.8) is 0 Å². The van der Waals surface area contributed by atoms with Gasteiger partial charge in [-0.25, -0.2) is 4.98 Å². The molecular weight excluding hydrogens is 298 g/mol. The van der Waals surface area contributed by atoms with E-state index >= 15 is 0 Å². The van der Waals surface area contributed by atoms with Crippen LogP contribution in [0.3, 0.4) is 0 Å².